The van der Waals surface area contributed by atoms with Crippen LogP contribution in [0.5, 0.6) is 0 Å². The summed E-state index contributed by atoms with van der Waals surface area (Å²) in [7, 11) is 1.60. The fourth-order valence-corrected chi connectivity index (χ4v) is 2.69. The van der Waals surface area contributed by atoms with Gasteiger partial charge in [0.25, 0.3) is 0 Å². The zero-order chi connectivity index (χ0) is 17.6. The summed E-state index contributed by atoms with van der Waals surface area (Å²) in [5.41, 5.74) is 5.69. The van der Waals surface area contributed by atoms with Gasteiger partial charge in [-0.05, 0) is 31.0 Å². The molecule has 0 aliphatic heterocycles. The standard InChI is InChI=1S/C16H23Cl2N3O2.ClH/c1-4-16(5-2,10-19)15(23)21(3)9-14(22)20-11-6-7-12(17)13(18)8-11;/h6-8H,4-5,9-10,19H2,1-3H3,(H,20,22);1H. The maximum Gasteiger partial charge on any atom is 0.243 e. The van der Waals surface area contributed by atoms with Gasteiger partial charge in [-0.15, -0.1) is 12.4 Å². The molecule has 3 N–H and O–H groups in total. The Kier molecular flexibility index (Phi) is 9.66. The van der Waals surface area contributed by atoms with E-state index in [2.05, 4.69) is 5.32 Å². The Bertz CT molecular complexity index is 569. The molecule has 0 heterocycles. The smallest absolute Gasteiger partial charge is 0.243 e. The second-order valence-corrected chi connectivity index (χ2v) is 6.34. The van der Waals surface area contributed by atoms with Crippen LogP contribution in [0, 0.1) is 5.41 Å². The van der Waals surface area contributed by atoms with Crippen molar-refractivity contribution in [1.29, 1.82) is 0 Å². The third-order valence-electron chi connectivity index (χ3n) is 4.13. The van der Waals surface area contributed by atoms with Gasteiger partial charge in [0, 0.05) is 19.3 Å². The number of halogens is 3. The molecule has 8 heteroatoms. The molecule has 1 aromatic rings. The number of nitrogens with zero attached hydrogens (tertiary/aromatic N) is 1. The topological polar surface area (TPSA) is 75.4 Å². The fraction of sp³-hybridized carbons (Fsp3) is 0.500. The lowest BCUT2D eigenvalue weighted by Gasteiger charge is -2.33. The van der Waals surface area contributed by atoms with Crippen molar-refractivity contribution in [3.05, 3.63) is 28.2 Å². The zero-order valence-electron chi connectivity index (χ0n) is 14.1. The Hall–Kier alpha value is -1.01. The monoisotopic (exact) mass is 395 g/mol. The highest BCUT2D eigenvalue weighted by atomic mass is 35.5. The van der Waals surface area contributed by atoms with Gasteiger partial charge in [-0.3, -0.25) is 9.59 Å². The maximum atomic E-state index is 12.6. The van der Waals surface area contributed by atoms with Crippen molar-refractivity contribution in [2.24, 2.45) is 11.1 Å². The van der Waals surface area contributed by atoms with Crippen molar-refractivity contribution in [3.8, 4) is 0 Å². The van der Waals surface area contributed by atoms with Crippen LogP contribution in [0.4, 0.5) is 5.69 Å². The molecule has 2 amide bonds. The number of likely N-dealkylation sites (N-methyl/N-ethyl adjacent to an activating group) is 1. The van der Waals surface area contributed by atoms with Gasteiger partial charge in [-0.1, -0.05) is 37.0 Å². The minimum atomic E-state index is -0.612. The van der Waals surface area contributed by atoms with Gasteiger partial charge in [-0.25, -0.2) is 0 Å². The molecular weight excluding hydrogens is 373 g/mol. The number of benzene rings is 1. The summed E-state index contributed by atoms with van der Waals surface area (Å²) >= 11 is 11.7. The van der Waals surface area contributed by atoms with Crippen molar-refractivity contribution in [3.63, 3.8) is 0 Å². The van der Waals surface area contributed by atoms with E-state index in [4.69, 9.17) is 28.9 Å². The van der Waals surface area contributed by atoms with Crippen LogP contribution in [0.25, 0.3) is 0 Å². The molecule has 1 aromatic carbocycles. The first kappa shape index (κ1) is 23.0. The first-order valence-electron chi connectivity index (χ1n) is 7.50. The molecule has 0 aromatic heterocycles. The molecule has 136 valence electrons. The highest BCUT2D eigenvalue weighted by Gasteiger charge is 2.36. The lowest BCUT2D eigenvalue weighted by atomic mass is 9.81. The molecule has 0 saturated heterocycles. The van der Waals surface area contributed by atoms with E-state index >= 15 is 0 Å². The highest BCUT2D eigenvalue weighted by Crippen LogP contribution is 2.27. The Labute approximate surface area is 159 Å². The summed E-state index contributed by atoms with van der Waals surface area (Å²) in [5, 5.41) is 3.46. The number of nitrogens with two attached hydrogens (primary N) is 1. The van der Waals surface area contributed by atoms with Crippen molar-refractivity contribution in [2.75, 3.05) is 25.5 Å². The Morgan fingerprint density at radius 3 is 2.25 bits per heavy atom. The molecule has 0 atom stereocenters. The second-order valence-electron chi connectivity index (χ2n) is 5.53. The number of anilines is 1. The van der Waals surface area contributed by atoms with Crippen LogP contribution in [0.3, 0.4) is 0 Å². The minimum absolute atomic E-state index is 0. The maximum absolute atomic E-state index is 12.6. The summed E-state index contributed by atoms with van der Waals surface area (Å²) < 4.78 is 0. The van der Waals surface area contributed by atoms with Crippen LogP contribution in [-0.4, -0.2) is 36.9 Å². The summed E-state index contributed by atoms with van der Waals surface area (Å²) in [4.78, 5) is 26.1. The average molecular weight is 397 g/mol. The molecule has 0 aliphatic carbocycles. The predicted octanol–water partition coefficient (Wildman–Crippen LogP) is 3.58. The van der Waals surface area contributed by atoms with Gasteiger partial charge in [0.05, 0.1) is 22.0 Å². The Morgan fingerprint density at radius 1 is 1.21 bits per heavy atom. The van der Waals surface area contributed by atoms with E-state index < -0.39 is 5.41 Å². The molecule has 0 fully saturated rings. The fourth-order valence-electron chi connectivity index (χ4n) is 2.39. The molecule has 0 unspecified atom stereocenters. The van der Waals surface area contributed by atoms with E-state index in [9.17, 15) is 9.59 Å². The third-order valence-corrected chi connectivity index (χ3v) is 4.87. The Morgan fingerprint density at radius 2 is 1.79 bits per heavy atom. The summed E-state index contributed by atoms with van der Waals surface area (Å²) in [6.07, 6.45) is 1.27. The molecule has 0 radical (unpaired) electrons. The van der Waals surface area contributed by atoms with E-state index in [1.54, 1.807) is 25.2 Å². The highest BCUT2D eigenvalue weighted by molar-refractivity contribution is 6.42. The molecule has 24 heavy (non-hydrogen) atoms. The molecule has 0 saturated carbocycles. The first-order valence-corrected chi connectivity index (χ1v) is 8.25. The summed E-state index contributed by atoms with van der Waals surface area (Å²) in [6, 6.07) is 4.81. The van der Waals surface area contributed by atoms with E-state index in [1.165, 1.54) is 4.90 Å². The van der Waals surface area contributed by atoms with Crippen molar-refractivity contribution < 1.29 is 9.59 Å². The van der Waals surface area contributed by atoms with Crippen LogP contribution in [0.15, 0.2) is 18.2 Å². The number of nitrogens with one attached hydrogen (secondary N) is 1. The van der Waals surface area contributed by atoms with Gasteiger partial charge in [0.1, 0.15) is 0 Å². The first-order chi connectivity index (χ1) is 10.8. The summed E-state index contributed by atoms with van der Waals surface area (Å²) in [6.45, 7) is 4.06. The normalized spacial score (nSPS) is 10.8. The minimum Gasteiger partial charge on any atom is -0.336 e. The van der Waals surface area contributed by atoms with Gasteiger partial charge in [-0.2, -0.15) is 0 Å². The van der Waals surface area contributed by atoms with Gasteiger partial charge in [0.15, 0.2) is 0 Å². The molecule has 5 nitrogen and oxygen atoms in total. The van der Waals surface area contributed by atoms with Crippen molar-refractivity contribution >= 4 is 53.1 Å². The van der Waals surface area contributed by atoms with Crippen LogP contribution < -0.4 is 11.1 Å². The summed E-state index contributed by atoms with van der Waals surface area (Å²) in [5.74, 6) is -0.424. The number of carbonyl (C=O) groups excluding carboxylic acids is 2. The SMILES string of the molecule is CCC(CC)(CN)C(=O)N(C)CC(=O)Nc1ccc(Cl)c(Cl)c1.Cl. The molecular formula is C16H24Cl3N3O2. The van der Waals surface area contributed by atoms with Crippen LogP contribution in [-0.2, 0) is 9.59 Å². The second kappa shape index (κ2) is 10.1. The van der Waals surface area contributed by atoms with E-state index in [-0.39, 0.29) is 37.3 Å². The third kappa shape index (κ3) is 5.52. The van der Waals surface area contributed by atoms with E-state index in [0.29, 0.717) is 28.6 Å². The number of hydrogen-bond acceptors (Lipinski definition) is 3. The van der Waals surface area contributed by atoms with E-state index in [0.717, 1.165) is 0 Å². The lowest BCUT2D eigenvalue weighted by Crippen LogP contribution is -2.48. The van der Waals surface area contributed by atoms with Gasteiger partial charge < -0.3 is 16.0 Å². The van der Waals surface area contributed by atoms with Gasteiger partial charge in [0.2, 0.25) is 11.8 Å². The average Bonchev–Trinajstić information content (AvgIpc) is 2.53. The largest absolute Gasteiger partial charge is 0.336 e. The number of carbonyl (C=O) groups is 2. The lowest BCUT2D eigenvalue weighted by molar-refractivity contribution is -0.142. The number of amides is 2. The van der Waals surface area contributed by atoms with Crippen molar-refractivity contribution in [1.82, 2.24) is 4.90 Å². The van der Waals surface area contributed by atoms with Crippen LogP contribution >= 0.6 is 35.6 Å². The molecule has 0 bridgehead atoms. The quantitative estimate of drug-likeness (QED) is 0.739. The van der Waals surface area contributed by atoms with Gasteiger partial charge >= 0.3 is 0 Å². The van der Waals surface area contributed by atoms with E-state index in [1.807, 2.05) is 13.8 Å². The Balaban J connectivity index is 0.00000529. The van der Waals surface area contributed by atoms with Crippen LogP contribution in [0.1, 0.15) is 26.7 Å². The molecule has 1 rings (SSSR count). The zero-order valence-corrected chi connectivity index (χ0v) is 16.4. The molecule has 0 aliphatic rings. The molecule has 0 spiro atoms. The number of hydrogen-bond donors (Lipinski definition) is 2. The van der Waals surface area contributed by atoms with Crippen molar-refractivity contribution in [2.45, 2.75) is 26.7 Å². The number of rotatable bonds is 7. The predicted molar refractivity (Wildman–Crippen MR) is 102 cm³/mol. The van der Waals surface area contributed by atoms with Crippen LogP contribution in [0.2, 0.25) is 10.0 Å².